The first-order chi connectivity index (χ1) is 14.6. The summed E-state index contributed by atoms with van der Waals surface area (Å²) >= 11 is 4.82. The van der Waals surface area contributed by atoms with E-state index in [0.717, 1.165) is 36.9 Å². The standard InChI is InChI=1S/C25H25FN2OS.2ClH/c26-21-7-3-1-6-20(21)24(25(29)16-9-10-16)28-12-11-23(30)18(15-28)13-17-14-27-22-8-4-2-5-19(17)22;;/h1-8,13-14,16,23-24,27,30H,9-12,15H2;2*1H. The largest absolute Gasteiger partial charge is 0.361 e. The number of nitrogens with zero attached hydrogens (tertiary/aromatic N) is 1. The number of para-hydroxylation sites is 1. The Kier molecular flexibility index (Phi) is 8.10. The van der Waals surface area contributed by atoms with Crippen LogP contribution in [0.5, 0.6) is 0 Å². The Labute approximate surface area is 205 Å². The van der Waals surface area contributed by atoms with Gasteiger partial charge < -0.3 is 4.98 Å². The number of fused-ring (bicyclic) bond motifs is 1. The number of Topliss-reactive ketones (excluding diaryl/α,β-unsaturated/α-hetero) is 1. The molecular formula is C25H27Cl2FN2OS. The number of hydrogen-bond acceptors (Lipinski definition) is 3. The van der Waals surface area contributed by atoms with Gasteiger partial charge in [0.15, 0.2) is 5.78 Å². The summed E-state index contributed by atoms with van der Waals surface area (Å²) in [5, 5.41) is 1.30. The molecule has 2 aliphatic rings. The number of benzene rings is 2. The first-order valence-corrected chi connectivity index (χ1v) is 11.1. The number of hydrogen-bond donors (Lipinski definition) is 2. The molecule has 1 saturated heterocycles. The lowest BCUT2D eigenvalue weighted by Gasteiger charge is -2.37. The molecule has 7 heteroatoms. The molecule has 0 radical (unpaired) electrons. The smallest absolute Gasteiger partial charge is 0.157 e. The van der Waals surface area contributed by atoms with Gasteiger partial charge in [-0.2, -0.15) is 12.6 Å². The highest BCUT2D eigenvalue weighted by Gasteiger charge is 2.40. The fourth-order valence-electron chi connectivity index (χ4n) is 4.49. The molecule has 32 heavy (non-hydrogen) atoms. The summed E-state index contributed by atoms with van der Waals surface area (Å²) in [5.41, 5.74) is 3.89. The van der Waals surface area contributed by atoms with Crippen molar-refractivity contribution in [3.8, 4) is 0 Å². The number of ketones is 1. The van der Waals surface area contributed by atoms with Crippen LogP contribution in [0.4, 0.5) is 4.39 Å². The number of likely N-dealkylation sites (tertiary alicyclic amines) is 1. The molecule has 1 aliphatic heterocycles. The van der Waals surface area contributed by atoms with Crippen molar-refractivity contribution in [1.82, 2.24) is 9.88 Å². The molecule has 0 spiro atoms. The van der Waals surface area contributed by atoms with Gasteiger partial charge in [0.2, 0.25) is 0 Å². The van der Waals surface area contributed by atoms with Crippen LogP contribution in [0, 0.1) is 11.7 Å². The first-order valence-electron chi connectivity index (χ1n) is 10.6. The molecule has 2 unspecified atom stereocenters. The van der Waals surface area contributed by atoms with Gasteiger partial charge in [-0.15, -0.1) is 24.8 Å². The summed E-state index contributed by atoms with van der Waals surface area (Å²) in [6.07, 6.45) is 6.87. The molecule has 1 aromatic heterocycles. The van der Waals surface area contributed by atoms with Crippen molar-refractivity contribution in [1.29, 1.82) is 0 Å². The molecule has 1 saturated carbocycles. The van der Waals surface area contributed by atoms with E-state index in [1.165, 1.54) is 17.0 Å². The second kappa shape index (κ2) is 10.4. The SMILES string of the molecule is Cl.Cl.O=C(C1CC1)C(c1ccccc1F)N1CCC(S)C(=Cc2c[nH]c3ccccc23)C1. The van der Waals surface area contributed by atoms with E-state index < -0.39 is 6.04 Å². The Morgan fingerprint density at radius 1 is 1.09 bits per heavy atom. The molecule has 3 nitrogen and oxygen atoms in total. The summed E-state index contributed by atoms with van der Waals surface area (Å²) in [7, 11) is 0. The van der Waals surface area contributed by atoms with Gasteiger partial charge in [-0.05, 0) is 42.5 Å². The van der Waals surface area contributed by atoms with Crippen molar-refractivity contribution in [3.05, 3.63) is 77.2 Å². The van der Waals surface area contributed by atoms with Crippen LogP contribution in [0.2, 0.25) is 0 Å². The van der Waals surface area contributed by atoms with Crippen molar-refractivity contribution in [2.24, 2.45) is 5.92 Å². The van der Waals surface area contributed by atoms with Crippen LogP contribution in [-0.2, 0) is 4.79 Å². The lowest BCUT2D eigenvalue weighted by molar-refractivity contribution is -0.126. The zero-order valence-corrected chi connectivity index (χ0v) is 20.1. The van der Waals surface area contributed by atoms with E-state index >= 15 is 0 Å². The summed E-state index contributed by atoms with van der Waals surface area (Å²) in [4.78, 5) is 18.6. The molecule has 0 bridgehead atoms. The predicted molar refractivity (Wildman–Crippen MR) is 137 cm³/mol. The Hall–Kier alpha value is -1.79. The second-order valence-electron chi connectivity index (χ2n) is 8.38. The quantitative estimate of drug-likeness (QED) is 0.412. The lowest BCUT2D eigenvalue weighted by Crippen LogP contribution is -2.42. The number of thiol groups is 1. The van der Waals surface area contributed by atoms with Gasteiger partial charge in [-0.25, -0.2) is 4.39 Å². The fourth-order valence-corrected chi connectivity index (χ4v) is 4.76. The summed E-state index contributed by atoms with van der Waals surface area (Å²) in [5.74, 6) is -0.0693. The molecule has 2 aromatic carbocycles. The Bertz CT molecular complexity index is 1130. The molecular weight excluding hydrogens is 466 g/mol. The lowest BCUT2D eigenvalue weighted by atomic mass is 9.93. The number of carbonyl (C=O) groups is 1. The van der Waals surface area contributed by atoms with E-state index in [1.807, 2.05) is 24.4 Å². The third kappa shape index (κ3) is 4.91. The zero-order chi connectivity index (χ0) is 20.7. The summed E-state index contributed by atoms with van der Waals surface area (Å²) in [6, 6.07) is 14.4. The third-order valence-corrected chi connectivity index (χ3v) is 6.87. The highest BCUT2D eigenvalue weighted by Crippen LogP contribution is 2.40. The van der Waals surface area contributed by atoms with Crippen molar-refractivity contribution in [2.75, 3.05) is 13.1 Å². The van der Waals surface area contributed by atoms with Gasteiger partial charge in [0.1, 0.15) is 5.82 Å². The van der Waals surface area contributed by atoms with Crippen LogP contribution in [0.15, 0.2) is 60.3 Å². The van der Waals surface area contributed by atoms with Crippen LogP contribution in [0.1, 0.15) is 36.4 Å². The molecule has 2 fully saturated rings. The average Bonchev–Trinajstić information content (AvgIpc) is 3.53. The molecule has 3 aromatic rings. The molecule has 5 rings (SSSR count). The predicted octanol–water partition coefficient (Wildman–Crippen LogP) is 6.26. The number of piperidine rings is 1. The van der Waals surface area contributed by atoms with Crippen molar-refractivity contribution in [2.45, 2.75) is 30.6 Å². The Morgan fingerprint density at radius 3 is 2.56 bits per heavy atom. The number of halogens is 3. The van der Waals surface area contributed by atoms with Gasteiger partial charge in [0.05, 0.1) is 6.04 Å². The number of carbonyl (C=O) groups excluding carboxylic acids is 1. The zero-order valence-electron chi connectivity index (χ0n) is 17.5. The third-order valence-electron chi connectivity index (χ3n) is 6.28. The molecule has 1 aliphatic carbocycles. The minimum Gasteiger partial charge on any atom is -0.361 e. The second-order valence-corrected chi connectivity index (χ2v) is 9.01. The van der Waals surface area contributed by atoms with Crippen molar-refractivity contribution in [3.63, 3.8) is 0 Å². The topological polar surface area (TPSA) is 36.1 Å². The molecule has 2 heterocycles. The monoisotopic (exact) mass is 492 g/mol. The average molecular weight is 493 g/mol. The highest BCUT2D eigenvalue weighted by molar-refractivity contribution is 7.81. The van der Waals surface area contributed by atoms with E-state index in [2.05, 4.69) is 28.1 Å². The van der Waals surface area contributed by atoms with E-state index in [1.54, 1.807) is 12.1 Å². The Balaban J connectivity index is 0.00000144. The normalized spacial score (nSPS) is 21.1. The minimum absolute atomic E-state index is 0. The van der Waals surface area contributed by atoms with Crippen LogP contribution in [0.3, 0.4) is 0 Å². The van der Waals surface area contributed by atoms with Crippen LogP contribution >= 0.6 is 37.4 Å². The summed E-state index contributed by atoms with van der Waals surface area (Å²) < 4.78 is 14.7. The van der Waals surface area contributed by atoms with Crippen molar-refractivity contribution < 1.29 is 9.18 Å². The number of rotatable bonds is 5. The van der Waals surface area contributed by atoms with Gasteiger partial charge in [0, 0.05) is 46.9 Å². The van der Waals surface area contributed by atoms with E-state index in [9.17, 15) is 9.18 Å². The van der Waals surface area contributed by atoms with Crippen LogP contribution in [0.25, 0.3) is 17.0 Å². The van der Waals surface area contributed by atoms with Crippen LogP contribution < -0.4 is 0 Å². The van der Waals surface area contributed by atoms with Gasteiger partial charge in [-0.1, -0.05) is 42.5 Å². The highest BCUT2D eigenvalue weighted by atomic mass is 35.5. The molecule has 2 atom stereocenters. The number of H-pyrrole nitrogens is 1. The minimum atomic E-state index is -0.522. The molecule has 1 N–H and O–H groups in total. The van der Waals surface area contributed by atoms with E-state index in [4.69, 9.17) is 12.6 Å². The number of aromatic amines is 1. The van der Waals surface area contributed by atoms with Gasteiger partial charge >= 0.3 is 0 Å². The van der Waals surface area contributed by atoms with Gasteiger partial charge in [-0.3, -0.25) is 9.69 Å². The number of nitrogens with one attached hydrogen (secondary N) is 1. The maximum atomic E-state index is 14.7. The maximum Gasteiger partial charge on any atom is 0.157 e. The molecule has 170 valence electrons. The first kappa shape index (κ1) is 24.8. The number of aromatic nitrogens is 1. The maximum absolute atomic E-state index is 14.7. The Morgan fingerprint density at radius 2 is 1.81 bits per heavy atom. The fraction of sp³-hybridized carbons (Fsp3) is 0.320. The van der Waals surface area contributed by atoms with Gasteiger partial charge in [0.25, 0.3) is 0 Å². The van der Waals surface area contributed by atoms with Crippen molar-refractivity contribution >= 4 is 60.2 Å². The molecule has 0 amide bonds. The summed E-state index contributed by atoms with van der Waals surface area (Å²) in [6.45, 7) is 1.35. The van der Waals surface area contributed by atoms with Crippen LogP contribution in [-0.4, -0.2) is 34.0 Å². The van der Waals surface area contributed by atoms with E-state index in [0.29, 0.717) is 12.1 Å². The van der Waals surface area contributed by atoms with E-state index in [-0.39, 0.29) is 47.6 Å².